The van der Waals surface area contributed by atoms with Gasteiger partial charge < -0.3 is 5.11 Å². The summed E-state index contributed by atoms with van der Waals surface area (Å²) in [5, 5.41) is 11.4. The molecule has 0 saturated heterocycles. The number of aromatic hydroxyl groups is 1. The molecule has 3 heterocycles. The van der Waals surface area contributed by atoms with Gasteiger partial charge in [-0.05, 0) is 5.41 Å². The zero-order chi connectivity index (χ0) is 14.6. The molecule has 0 aromatic heterocycles. The molecule has 9 heteroatoms. The zero-order valence-electron chi connectivity index (χ0n) is 10.2. The Morgan fingerprint density at radius 3 is 2.14 bits per heavy atom. The molecule has 3 aliphatic rings. The summed E-state index contributed by atoms with van der Waals surface area (Å²) in [6.45, 7) is 0. The van der Waals surface area contributed by atoms with Gasteiger partial charge in [-0.15, -0.1) is 23.5 Å². The monoisotopic (exact) mass is 390 g/mol. The molecule has 0 amide bonds. The normalized spacial score (nSPS) is 22.2. The summed E-state index contributed by atoms with van der Waals surface area (Å²) >= 11 is 10.4. The van der Waals surface area contributed by atoms with Crippen LogP contribution in [0.2, 0.25) is 0 Å². The van der Waals surface area contributed by atoms with E-state index in [1.54, 1.807) is 35.3 Å². The molecule has 3 aliphatic heterocycles. The average molecular weight is 391 g/mol. The number of hydrogen-bond acceptors (Lipinski definition) is 9. The van der Waals surface area contributed by atoms with Crippen LogP contribution in [0.1, 0.15) is 5.56 Å². The quantitative estimate of drug-likeness (QED) is 0.717. The predicted octanol–water partition coefficient (Wildman–Crippen LogP) is 3.98. The van der Waals surface area contributed by atoms with Crippen molar-refractivity contribution < 1.29 is 5.11 Å². The molecule has 108 valence electrons. The summed E-state index contributed by atoms with van der Waals surface area (Å²) in [7, 11) is 0. The molecule has 1 aromatic rings. The van der Waals surface area contributed by atoms with Gasteiger partial charge in [-0.3, -0.25) is 9.59 Å². The minimum atomic E-state index is -0.771. The van der Waals surface area contributed by atoms with E-state index in [0.29, 0.717) is 4.91 Å². The fourth-order valence-electron chi connectivity index (χ4n) is 1.86. The summed E-state index contributed by atoms with van der Waals surface area (Å²) in [5.41, 5.74) is -1.16. The Morgan fingerprint density at radius 2 is 1.52 bits per heavy atom. The van der Waals surface area contributed by atoms with E-state index in [9.17, 15) is 14.7 Å². The van der Waals surface area contributed by atoms with Crippen LogP contribution in [-0.2, 0) is 0 Å². The van der Waals surface area contributed by atoms with Crippen molar-refractivity contribution in [1.82, 2.24) is 0 Å². The van der Waals surface area contributed by atoms with E-state index in [1.807, 2.05) is 28.9 Å². The van der Waals surface area contributed by atoms with Crippen LogP contribution in [0.4, 0.5) is 0 Å². The van der Waals surface area contributed by atoms with Crippen molar-refractivity contribution in [2.24, 2.45) is 0 Å². The van der Waals surface area contributed by atoms with E-state index in [4.69, 9.17) is 0 Å². The van der Waals surface area contributed by atoms with Gasteiger partial charge in [0.25, 0.3) is 5.43 Å². The van der Waals surface area contributed by atoms with E-state index < -0.39 is 10.9 Å². The van der Waals surface area contributed by atoms with Crippen LogP contribution in [0.3, 0.4) is 0 Å². The Labute approximate surface area is 145 Å². The second-order valence-electron chi connectivity index (χ2n) is 4.13. The third-order valence-electron chi connectivity index (χ3n) is 2.86. The van der Waals surface area contributed by atoms with Gasteiger partial charge in [-0.25, -0.2) is 0 Å². The van der Waals surface area contributed by atoms with Crippen LogP contribution < -0.4 is 10.9 Å². The molecule has 1 N–H and O–H groups in total. The lowest BCUT2D eigenvalue weighted by atomic mass is 10.1. The van der Waals surface area contributed by atoms with Crippen molar-refractivity contribution in [3.8, 4) is 5.75 Å². The van der Waals surface area contributed by atoms with Gasteiger partial charge in [0.1, 0.15) is 0 Å². The first-order valence-electron chi connectivity index (χ1n) is 5.82. The SMILES string of the molecule is O=c1c(O)c(C2=CSC(=C3SC4=C(SCCS4)S3)S2)c1=O. The van der Waals surface area contributed by atoms with Crippen molar-refractivity contribution in [3.63, 3.8) is 0 Å². The molecular weight excluding hydrogens is 385 g/mol. The molecule has 0 atom stereocenters. The summed E-state index contributed by atoms with van der Waals surface area (Å²) in [4.78, 5) is 23.3. The van der Waals surface area contributed by atoms with Crippen molar-refractivity contribution in [2.45, 2.75) is 0 Å². The van der Waals surface area contributed by atoms with E-state index in [1.165, 1.54) is 24.5 Å². The third kappa shape index (κ3) is 2.46. The van der Waals surface area contributed by atoms with Crippen LogP contribution >= 0.6 is 70.6 Å². The molecule has 1 aromatic carbocycles. The molecule has 0 aliphatic carbocycles. The highest BCUT2D eigenvalue weighted by atomic mass is 32.3. The lowest BCUT2D eigenvalue weighted by Crippen LogP contribution is -2.33. The van der Waals surface area contributed by atoms with Crippen molar-refractivity contribution in [3.05, 3.63) is 48.4 Å². The van der Waals surface area contributed by atoms with E-state index >= 15 is 0 Å². The minimum Gasteiger partial charge on any atom is -0.503 e. The standard InChI is InChI=1S/C12H6O3S6/c13-6-5(7(14)8(6)15)4-3-18-11(19-4)12-20-9-10(21-12)17-2-1-16-9/h3,13H,1-2H2. The number of thioether (sulfide) groups is 6. The molecule has 0 spiro atoms. The number of hydrogen-bond donors (Lipinski definition) is 1. The maximum Gasteiger partial charge on any atom is 0.268 e. The van der Waals surface area contributed by atoms with Crippen LogP contribution in [-0.4, -0.2) is 16.6 Å². The molecule has 3 nitrogen and oxygen atoms in total. The molecule has 0 fully saturated rings. The van der Waals surface area contributed by atoms with Crippen molar-refractivity contribution in [1.29, 1.82) is 0 Å². The molecule has 0 radical (unpaired) electrons. The predicted molar refractivity (Wildman–Crippen MR) is 100 cm³/mol. The highest BCUT2D eigenvalue weighted by molar-refractivity contribution is 8.43. The molecule has 0 unspecified atom stereocenters. The largest absolute Gasteiger partial charge is 0.503 e. The first-order chi connectivity index (χ1) is 10.1. The summed E-state index contributed by atoms with van der Waals surface area (Å²) in [5.74, 6) is 1.92. The lowest BCUT2D eigenvalue weighted by molar-refractivity contribution is 0.461. The topological polar surface area (TPSA) is 54.4 Å². The van der Waals surface area contributed by atoms with Gasteiger partial charge in [0.2, 0.25) is 5.43 Å². The second-order valence-corrected chi connectivity index (χ2v) is 11.4. The zero-order valence-corrected chi connectivity index (χ0v) is 15.1. The first-order valence-corrected chi connectivity index (χ1v) is 11.1. The van der Waals surface area contributed by atoms with Gasteiger partial charge in [0.15, 0.2) is 5.75 Å². The van der Waals surface area contributed by atoms with Crippen LogP contribution in [0.15, 0.2) is 31.9 Å². The van der Waals surface area contributed by atoms with Gasteiger partial charge >= 0.3 is 0 Å². The van der Waals surface area contributed by atoms with E-state index in [-0.39, 0.29) is 11.3 Å². The number of rotatable bonds is 1. The Hall–Kier alpha value is 0.200. The van der Waals surface area contributed by atoms with Crippen LogP contribution in [0.5, 0.6) is 5.75 Å². The minimum absolute atomic E-state index is 0.183. The molecule has 21 heavy (non-hydrogen) atoms. The summed E-state index contributed by atoms with van der Waals surface area (Å²) in [6, 6.07) is 0. The highest BCUT2D eigenvalue weighted by Gasteiger charge is 2.32. The Morgan fingerprint density at radius 1 is 0.857 bits per heavy atom. The van der Waals surface area contributed by atoms with E-state index in [0.717, 1.165) is 15.7 Å². The van der Waals surface area contributed by atoms with Gasteiger partial charge in [-0.1, -0.05) is 47.0 Å². The van der Waals surface area contributed by atoms with Crippen molar-refractivity contribution >= 4 is 75.5 Å². The fraction of sp³-hybridized carbons (Fsp3) is 0.167. The van der Waals surface area contributed by atoms with Gasteiger partial charge in [-0.2, -0.15) is 0 Å². The Kier molecular flexibility index (Phi) is 4.00. The third-order valence-corrected chi connectivity index (χ3v) is 11.6. The lowest BCUT2D eigenvalue weighted by Gasteiger charge is -2.08. The van der Waals surface area contributed by atoms with E-state index in [2.05, 4.69) is 0 Å². The van der Waals surface area contributed by atoms with Crippen LogP contribution in [0.25, 0.3) is 4.91 Å². The molecule has 0 saturated carbocycles. The highest BCUT2D eigenvalue weighted by Crippen LogP contribution is 2.64. The fourth-order valence-corrected chi connectivity index (χ4v) is 10.5. The van der Waals surface area contributed by atoms with Crippen molar-refractivity contribution in [2.75, 3.05) is 11.5 Å². The average Bonchev–Trinajstić information content (AvgIpc) is 3.13. The second kappa shape index (κ2) is 5.68. The molecule has 0 bridgehead atoms. The Bertz CT molecular complexity index is 791. The first kappa shape index (κ1) is 14.8. The van der Waals surface area contributed by atoms with Gasteiger partial charge in [0, 0.05) is 16.4 Å². The van der Waals surface area contributed by atoms with Crippen LogP contribution in [0, 0.1) is 0 Å². The maximum atomic E-state index is 11.5. The maximum absolute atomic E-state index is 11.5. The molecule has 4 rings (SSSR count). The summed E-state index contributed by atoms with van der Waals surface area (Å²) < 4.78 is 5.13. The summed E-state index contributed by atoms with van der Waals surface area (Å²) in [6.07, 6.45) is 0. The Balaban J connectivity index is 1.56. The molecular formula is C12H6O3S6. The smallest absolute Gasteiger partial charge is 0.268 e. The van der Waals surface area contributed by atoms with Gasteiger partial charge in [0.05, 0.1) is 22.5 Å².